The molecule has 0 radical (unpaired) electrons. The molecule has 0 aliphatic carbocycles. The predicted octanol–water partition coefficient (Wildman–Crippen LogP) is 3.12. The van der Waals surface area contributed by atoms with Gasteiger partial charge < -0.3 is 9.84 Å². The van der Waals surface area contributed by atoms with Gasteiger partial charge in [-0.2, -0.15) is 10.1 Å². The third-order valence-corrected chi connectivity index (χ3v) is 5.57. The maximum Gasteiger partial charge on any atom is 0.316 e. The van der Waals surface area contributed by atoms with Crippen LogP contribution in [0.2, 0.25) is 5.02 Å². The topological polar surface area (TPSA) is 85.8 Å². The van der Waals surface area contributed by atoms with Crippen molar-refractivity contribution in [3.05, 3.63) is 61.5 Å². The van der Waals surface area contributed by atoms with Crippen molar-refractivity contribution in [1.82, 2.24) is 25.2 Å². The Morgan fingerprint density at radius 1 is 1.36 bits per heavy atom. The molecule has 0 aliphatic heterocycles. The lowest BCUT2D eigenvalue weighted by Gasteiger charge is -2.04. The molecule has 0 fully saturated rings. The van der Waals surface area contributed by atoms with Gasteiger partial charge in [0.25, 0.3) is 0 Å². The number of aromatic nitrogens is 4. The van der Waals surface area contributed by atoms with Gasteiger partial charge in [0.15, 0.2) is 5.82 Å². The highest BCUT2D eigenvalue weighted by molar-refractivity contribution is 14.1. The fourth-order valence-corrected chi connectivity index (χ4v) is 2.86. The van der Waals surface area contributed by atoms with Gasteiger partial charge in [-0.25, -0.2) is 0 Å². The van der Waals surface area contributed by atoms with Crippen LogP contribution in [0.1, 0.15) is 33.5 Å². The number of hydrogen-bond donors (Lipinski definition) is 1. The molecule has 0 aliphatic rings. The molecule has 25 heavy (non-hydrogen) atoms. The van der Waals surface area contributed by atoms with E-state index >= 15 is 0 Å². The summed E-state index contributed by atoms with van der Waals surface area (Å²) in [6.07, 6.45) is 0. The number of rotatable bonds is 5. The predicted molar refractivity (Wildman–Crippen MR) is 100 cm³/mol. The summed E-state index contributed by atoms with van der Waals surface area (Å²) in [7, 11) is 0. The zero-order valence-electron chi connectivity index (χ0n) is 13.6. The van der Waals surface area contributed by atoms with Crippen LogP contribution in [0.3, 0.4) is 0 Å². The smallest absolute Gasteiger partial charge is 0.316 e. The molecule has 0 saturated carbocycles. The summed E-state index contributed by atoms with van der Waals surface area (Å²) in [5, 5.41) is 11.6. The molecule has 0 unspecified atom stereocenters. The Kier molecular flexibility index (Phi) is 5.38. The fraction of sp³-hybridized carbons (Fsp3) is 0.250. The number of carbonyl (C=O) groups excluding carboxylic acids is 1. The van der Waals surface area contributed by atoms with Crippen molar-refractivity contribution in [3.8, 4) is 0 Å². The molecule has 3 aromatic rings. The minimum absolute atomic E-state index is 0.0849. The largest absolute Gasteiger partial charge is 0.344 e. The van der Waals surface area contributed by atoms with E-state index in [2.05, 4.69) is 43.1 Å². The minimum atomic E-state index is -0.443. The number of benzene rings is 1. The van der Waals surface area contributed by atoms with E-state index in [0.29, 0.717) is 17.4 Å². The van der Waals surface area contributed by atoms with Crippen LogP contribution in [0, 0.1) is 17.4 Å². The second-order valence-corrected chi connectivity index (χ2v) is 6.92. The van der Waals surface area contributed by atoms with E-state index in [1.54, 1.807) is 10.7 Å². The number of carbonyl (C=O) groups is 1. The summed E-state index contributed by atoms with van der Waals surface area (Å²) in [6.45, 7) is 4.54. The summed E-state index contributed by atoms with van der Waals surface area (Å²) in [5.41, 5.74) is 2.78. The van der Waals surface area contributed by atoms with Crippen molar-refractivity contribution >= 4 is 40.1 Å². The summed E-state index contributed by atoms with van der Waals surface area (Å²) in [5.74, 6) is -0.134. The molecular weight excluding hydrogens is 457 g/mol. The Morgan fingerprint density at radius 2 is 2.12 bits per heavy atom. The molecule has 1 aromatic carbocycles. The molecule has 2 heterocycles. The molecule has 3 rings (SSSR count). The standard InChI is InChI=1S/C16H15ClIN5O2/c1-9-14(18)10(2)23(21-9)8-13-20-16(25-22-13)15(24)19-7-11-5-3-4-6-12(11)17/h3-6H,7-8H2,1-2H3,(H,19,24). The van der Waals surface area contributed by atoms with Gasteiger partial charge in [-0.1, -0.05) is 35.0 Å². The van der Waals surface area contributed by atoms with Gasteiger partial charge in [0.05, 0.1) is 9.26 Å². The molecule has 9 heteroatoms. The molecule has 0 spiro atoms. The molecule has 0 atom stereocenters. The first-order valence-corrected chi connectivity index (χ1v) is 8.95. The van der Waals surface area contributed by atoms with Gasteiger partial charge in [0.2, 0.25) is 0 Å². The first-order chi connectivity index (χ1) is 12.0. The van der Waals surface area contributed by atoms with Crippen LogP contribution in [0.15, 0.2) is 28.8 Å². The lowest BCUT2D eigenvalue weighted by atomic mass is 10.2. The van der Waals surface area contributed by atoms with Gasteiger partial charge in [0, 0.05) is 17.3 Å². The monoisotopic (exact) mass is 471 g/mol. The normalized spacial score (nSPS) is 10.9. The summed E-state index contributed by atoms with van der Waals surface area (Å²) < 4.78 is 7.93. The zero-order chi connectivity index (χ0) is 18.0. The molecule has 0 bridgehead atoms. The third-order valence-electron chi connectivity index (χ3n) is 3.64. The van der Waals surface area contributed by atoms with Crippen molar-refractivity contribution in [2.45, 2.75) is 26.9 Å². The highest BCUT2D eigenvalue weighted by atomic mass is 127. The van der Waals surface area contributed by atoms with E-state index in [4.69, 9.17) is 16.1 Å². The zero-order valence-corrected chi connectivity index (χ0v) is 16.5. The highest BCUT2D eigenvalue weighted by Gasteiger charge is 2.17. The number of hydrogen-bond acceptors (Lipinski definition) is 5. The average Bonchev–Trinajstić information content (AvgIpc) is 3.15. The highest BCUT2D eigenvalue weighted by Crippen LogP contribution is 2.16. The summed E-state index contributed by atoms with van der Waals surface area (Å²) in [4.78, 5) is 16.3. The van der Waals surface area contributed by atoms with Crippen molar-refractivity contribution in [2.24, 2.45) is 0 Å². The molecular formula is C16H15ClIN5O2. The quantitative estimate of drug-likeness (QED) is 0.578. The van der Waals surface area contributed by atoms with Crippen molar-refractivity contribution in [3.63, 3.8) is 0 Å². The van der Waals surface area contributed by atoms with Crippen molar-refractivity contribution in [1.29, 1.82) is 0 Å². The maximum atomic E-state index is 12.1. The second kappa shape index (κ2) is 7.52. The lowest BCUT2D eigenvalue weighted by molar-refractivity contribution is 0.0907. The van der Waals surface area contributed by atoms with Gasteiger partial charge >= 0.3 is 11.8 Å². The Hall–Kier alpha value is -1.94. The van der Waals surface area contributed by atoms with Gasteiger partial charge in [-0.15, -0.1) is 0 Å². The Morgan fingerprint density at radius 3 is 2.80 bits per heavy atom. The van der Waals surface area contributed by atoms with E-state index in [0.717, 1.165) is 20.5 Å². The fourth-order valence-electron chi connectivity index (χ4n) is 2.27. The number of amides is 1. The van der Waals surface area contributed by atoms with E-state index in [-0.39, 0.29) is 12.4 Å². The van der Waals surface area contributed by atoms with Crippen molar-refractivity contribution < 1.29 is 9.32 Å². The molecule has 7 nitrogen and oxygen atoms in total. The molecule has 1 N–H and O–H groups in total. The van der Waals surface area contributed by atoms with Crippen LogP contribution >= 0.6 is 34.2 Å². The van der Waals surface area contributed by atoms with Gasteiger partial charge in [-0.3, -0.25) is 9.48 Å². The molecule has 0 saturated heterocycles. The Bertz CT molecular complexity index is 921. The van der Waals surface area contributed by atoms with Gasteiger partial charge in [0.1, 0.15) is 6.54 Å². The van der Waals surface area contributed by atoms with E-state index in [1.165, 1.54) is 0 Å². The minimum Gasteiger partial charge on any atom is -0.344 e. The van der Waals surface area contributed by atoms with Crippen molar-refractivity contribution in [2.75, 3.05) is 0 Å². The van der Waals surface area contributed by atoms with Crippen LogP contribution in [0.4, 0.5) is 0 Å². The van der Waals surface area contributed by atoms with Gasteiger partial charge in [-0.05, 0) is 48.1 Å². The number of nitrogens with zero attached hydrogens (tertiary/aromatic N) is 4. The maximum absolute atomic E-state index is 12.1. The average molecular weight is 472 g/mol. The summed E-state index contributed by atoms with van der Waals surface area (Å²) >= 11 is 8.31. The molecule has 2 aromatic heterocycles. The lowest BCUT2D eigenvalue weighted by Crippen LogP contribution is -2.23. The number of halogens is 2. The Labute approximate surface area is 162 Å². The Balaban J connectivity index is 1.65. The second-order valence-electron chi connectivity index (χ2n) is 5.43. The first-order valence-electron chi connectivity index (χ1n) is 7.49. The summed E-state index contributed by atoms with van der Waals surface area (Å²) in [6, 6.07) is 7.29. The van der Waals surface area contributed by atoms with Crippen LogP contribution in [-0.2, 0) is 13.1 Å². The van der Waals surface area contributed by atoms with E-state index < -0.39 is 5.91 Å². The number of aryl methyl sites for hydroxylation is 1. The first kappa shape index (κ1) is 17.9. The number of nitrogens with one attached hydrogen (secondary N) is 1. The van der Waals surface area contributed by atoms with Crippen LogP contribution < -0.4 is 5.32 Å². The molecule has 130 valence electrons. The van der Waals surface area contributed by atoms with Crippen LogP contribution in [0.5, 0.6) is 0 Å². The van der Waals surface area contributed by atoms with Crippen LogP contribution in [-0.4, -0.2) is 25.8 Å². The van der Waals surface area contributed by atoms with Crippen LogP contribution in [0.25, 0.3) is 0 Å². The van der Waals surface area contributed by atoms with E-state index in [1.807, 2.05) is 32.0 Å². The SMILES string of the molecule is Cc1nn(Cc2noc(C(=O)NCc3ccccc3Cl)n2)c(C)c1I. The van der Waals surface area contributed by atoms with E-state index in [9.17, 15) is 4.79 Å². The molecule has 1 amide bonds. The third kappa shape index (κ3) is 4.01.